The first-order chi connectivity index (χ1) is 12.8. The highest BCUT2D eigenvalue weighted by Gasteiger charge is 2.41. The molecule has 0 N–H and O–H groups in total. The SMILES string of the molecule is CC1C(OS(C)(=O)=O)OC(=O)N1CCN1CCN(Cc2ccccc2)CC1. The van der Waals surface area contributed by atoms with Gasteiger partial charge in [-0.2, -0.15) is 8.42 Å². The predicted octanol–water partition coefficient (Wildman–Crippen LogP) is 0.947. The molecule has 27 heavy (non-hydrogen) atoms. The minimum atomic E-state index is -3.67. The maximum absolute atomic E-state index is 12.0. The molecule has 8 nitrogen and oxygen atoms in total. The van der Waals surface area contributed by atoms with Gasteiger partial charge in [0, 0.05) is 45.8 Å². The van der Waals surface area contributed by atoms with Gasteiger partial charge >= 0.3 is 6.09 Å². The summed E-state index contributed by atoms with van der Waals surface area (Å²) in [6, 6.07) is 9.98. The van der Waals surface area contributed by atoms with Crippen molar-refractivity contribution in [1.82, 2.24) is 14.7 Å². The Kier molecular flexibility index (Phi) is 6.36. The van der Waals surface area contributed by atoms with Gasteiger partial charge in [-0.05, 0) is 12.5 Å². The summed E-state index contributed by atoms with van der Waals surface area (Å²) in [5, 5.41) is 0. The minimum absolute atomic E-state index is 0.438. The Balaban J connectivity index is 1.42. The number of piperazine rings is 1. The second-order valence-electron chi connectivity index (χ2n) is 7.09. The highest BCUT2D eigenvalue weighted by atomic mass is 32.2. The molecule has 0 spiro atoms. The van der Waals surface area contributed by atoms with E-state index >= 15 is 0 Å². The van der Waals surface area contributed by atoms with Gasteiger partial charge < -0.3 is 4.74 Å². The highest BCUT2D eigenvalue weighted by molar-refractivity contribution is 7.86. The monoisotopic (exact) mass is 397 g/mol. The zero-order chi connectivity index (χ0) is 19.4. The van der Waals surface area contributed by atoms with E-state index in [2.05, 4.69) is 34.1 Å². The number of carbonyl (C=O) groups excluding carboxylic acids is 1. The van der Waals surface area contributed by atoms with E-state index < -0.39 is 28.5 Å². The summed E-state index contributed by atoms with van der Waals surface area (Å²) >= 11 is 0. The molecule has 2 saturated heterocycles. The lowest BCUT2D eigenvalue weighted by atomic mass is 10.2. The number of benzene rings is 1. The van der Waals surface area contributed by atoms with Crippen molar-refractivity contribution in [2.24, 2.45) is 0 Å². The van der Waals surface area contributed by atoms with Crippen LogP contribution in [0.3, 0.4) is 0 Å². The summed E-state index contributed by atoms with van der Waals surface area (Å²) < 4.78 is 32.4. The van der Waals surface area contributed by atoms with Crippen LogP contribution in [0.1, 0.15) is 12.5 Å². The molecule has 2 fully saturated rings. The molecule has 2 atom stereocenters. The standard InChI is InChI=1S/C18H27N3O5S/c1-15-17(26-27(2,23)24)25-18(22)21(15)13-12-19-8-10-20(11-9-19)14-16-6-4-3-5-7-16/h3-7,15,17H,8-14H2,1-2H3. The van der Waals surface area contributed by atoms with Gasteiger partial charge in [0.15, 0.2) is 0 Å². The Labute approximate surface area is 160 Å². The first-order valence-electron chi connectivity index (χ1n) is 9.16. The van der Waals surface area contributed by atoms with Crippen molar-refractivity contribution in [3.63, 3.8) is 0 Å². The van der Waals surface area contributed by atoms with Crippen molar-refractivity contribution in [1.29, 1.82) is 0 Å². The Hall–Kier alpha value is -1.68. The van der Waals surface area contributed by atoms with Crippen LogP contribution in [0, 0.1) is 0 Å². The van der Waals surface area contributed by atoms with Gasteiger partial charge in [0.05, 0.1) is 12.3 Å². The fourth-order valence-corrected chi connectivity index (χ4v) is 3.95. The van der Waals surface area contributed by atoms with Gasteiger partial charge in [0.1, 0.15) is 0 Å². The Morgan fingerprint density at radius 3 is 2.33 bits per heavy atom. The molecular formula is C18H27N3O5S. The average molecular weight is 397 g/mol. The van der Waals surface area contributed by atoms with E-state index in [1.807, 2.05) is 6.07 Å². The third-order valence-corrected chi connectivity index (χ3v) is 5.52. The molecule has 2 heterocycles. The van der Waals surface area contributed by atoms with Crippen molar-refractivity contribution in [2.75, 3.05) is 45.5 Å². The topological polar surface area (TPSA) is 79.4 Å². The second kappa shape index (κ2) is 8.55. The number of cyclic esters (lactones) is 1. The number of carbonyl (C=O) groups is 1. The highest BCUT2D eigenvalue weighted by Crippen LogP contribution is 2.21. The van der Waals surface area contributed by atoms with Crippen molar-refractivity contribution < 1.29 is 22.1 Å². The molecule has 0 aliphatic carbocycles. The van der Waals surface area contributed by atoms with Crippen LogP contribution < -0.4 is 0 Å². The molecule has 150 valence electrons. The third kappa shape index (κ3) is 5.65. The maximum atomic E-state index is 12.0. The third-order valence-electron chi connectivity index (χ3n) is 4.98. The average Bonchev–Trinajstić information content (AvgIpc) is 2.87. The van der Waals surface area contributed by atoms with E-state index in [0.29, 0.717) is 6.54 Å². The summed E-state index contributed by atoms with van der Waals surface area (Å²) in [5.41, 5.74) is 1.32. The van der Waals surface area contributed by atoms with Crippen LogP contribution in [0.2, 0.25) is 0 Å². The number of rotatable bonds is 7. The van der Waals surface area contributed by atoms with E-state index in [1.54, 1.807) is 6.92 Å². The van der Waals surface area contributed by atoms with Crippen molar-refractivity contribution >= 4 is 16.2 Å². The number of nitrogens with zero attached hydrogens (tertiary/aromatic N) is 3. The van der Waals surface area contributed by atoms with Crippen molar-refractivity contribution in [3.8, 4) is 0 Å². The zero-order valence-corrected chi connectivity index (χ0v) is 16.6. The molecule has 2 aliphatic heterocycles. The number of ether oxygens (including phenoxy) is 1. The van der Waals surface area contributed by atoms with Gasteiger partial charge in [0.2, 0.25) is 6.29 Å². The summed E-state index contributed by atoms with van der Waals surface area (Å²) in [6.45, 7) is 7.74. The van der Waals surface area contributed by atoms with Crippen LogP contribution in [0.25, 0.3) is 0 Å². The lowest BCUT2D eigenvalue weighted by Crippen LogP contribution is -2.49. The van der Waals surface area contributed by atoms with Crippen LogP contribution in [0.4, 0.5) is 4.79 Å². The second-order valence-corrected chi connectivity index (χ2v) is 8.69. The molecule has 2 unspecified atom stereocenters. The molecule has 0 saturated carbocycles. The minimum Gasteiger partial charge on any atom is -0.416 e. The number of hydrogen-bond acceptors (Lipinski definition) is 7. The number of amides is 1. The zero-order valence-electron chi connectivity index (χ0n) is 15.8. The summed E-state index contributed by atoms with van der Waals surface area (Å²) in [5.74, 6) is 0. The Bertz CT molecular complexity index is 735. The van der Waals surface area contributed by atoms with Crippen molar-refractivity contribution in [2.45, 2.75) is 25.8 Å². The van der Waals surface area contributed by atoms with Crippen LogP contribution in [-0.2, 0) is 25.6 Å². The van der Waals surface area contributed by atoms with Crippen LogP contribution in [0.5, 0.6) is 0 Å². The van der Waals surface area contributed by atoms with E-state index in [1.165, 1.54) is 10.5 Å². The summed E-state index contributed by atoms with van der Waals surface area (Å²) in [4.78, 5) is 18.3. The van der Waals surface area contributed by atoms with E-state index in [4.69, 9.17) is 8.92 Å². The molecule has 0 radical (unpaired) electrons. The molecule has 0 bridgehead atoms. The molecule has 9 heteroatoms. The van der Waals surface area contributed by atoms with Gasteiger partial charge in [-0.3, -0.25) is 14.7 Å². The molecule has 2 aliphatic rings. The smallest absolute Gasteiger partial charge is 0.412 e. The maximum Gasteiger partial charge on any atom is 0.412 e. The van der Waals surface area contributed by atoms with E-state index in [9.17, 15) is 13.2 Å². The van der Waals surface area contributed by atoms with E-state index in [-0.39, 0.29) is 0 Å². The quantitative estimate of drug-likeness (QED) is 0.634. The Morgan fingerprint density at radius 2 is 1.70 bits per heavy atom. The van der Waals surface area contributed by atoms with Gasteiger partial charge in [-0.15, -0.1) is 0 Å². The Morgan fingerprint density at radius 1 is 1.07 bits per heavy atom. The fourth-order valence-electron chi connectivity index (χ4n) is 3.41. The first kappa shape index (κ1) is 20.1. The summed E-state index contributed by atoms with van der Waals surface area (Å²) in [7, 11) is -3.67. The van der Waals surface area contributed by atoms with Crippen LogP contribution >= 0.6 is 0 Å². The molecule has 3 rings (SSSR count). The molecule has 1 aromatic carbocycles. The first-order valence-corrected chi connectivity index (χ1v) is 11.0. The van der Waals surface area contributed by atoms with E-state index in [0.717, 1.165) is 45.5 Å². The molecule has 1 amide bonds. The van der Waals surface area contributed by atoms with Crippen LogP contribution in [-0.4, -0.2) is 87.1 Å². The summed E-state index contributed by atoms with van der Waals surface area (Å²) in [6.07, 6.45) is -0.653. The van der Waals surface area contributed by atoms with Gasteiger partial charge in [-0.25, -0.2) is 8.98 Å². The lowest BCUT2D eigenvalue weighted by Gasteiger charge is -2.35. The van der Waals surface area contributed by atoms with Crippen LogP contribution in [0.15, 0.2) is 30.3 Å². The molecule has 0 aromatic heterocycles. The molecular weight excluding hydrogens is 370 g/mol. The largest absolute Gasteiger partial charge is 0.416 e. The fraction of sp³-hybridized carbons (Fsp3) is 0.611. The molecule has 1 aromatic rings. The van der Waals surface area contributed by atoms with Gasteiger partial charge in [0.25, 0.3) is 10.1 Å². The lowest BCUT2D eigenvalue weighted by molar-refractivity contribution is -0.00762. The van der Waals surface area contributed by atoms with Crippen molar-refractivity contribution in [3.05, 3.63) is 35.9 Å². The normalized spacial score (nSPS) is 25.0. The number of hydrogen-bond donors (Lipinski definition) is 0. The van der Waals surface area contributed by atoms with Gasteiger partial charge in [-0.1, -0.05) is 30.3 Å². The predicted molar refractivity (Wildman–Crippen MR) is 101 cm³/mol.